The van der Waals surface area contributed by atoms with E-state index < -0.39 is 0 Å². The van der Waals surface area contributed by atoms with Crippen LogP contribution in [0.25, 0.3) is 0 Å². The van der Waals surface area contributed by atoms with Gasteiger partial charge in [0.25, 0.3) is 0 Å². The highest BCUT2D eigenvalue weighted by molar-refractivity contribution is 5.27. The van der Waals surface area contributed by atoms with E-state index in [0.29, 0.717) is 6.04 Å². The molecule has 0 saturated carbocycles. The summed E-state index contributed by atoms with van der Waals surface area (Å²) in [6, 6.07) is 5.74. The molecule has 3 nitrogen and oxygen atoms in total. The second-order valence-corrected chi connectivity index (χ2v) is 6.17. The number of benzene rings is 1. The number of rotatable bonds is 5. The first-order valence-electron chi connectivity index (χ1n) is 7.79. The topological polar surface area (TPSA) is 24.5 Å². The van der Waals surface area contributed by atoms with E-state index >= 15 is 0 Å². The minimum absolute atomic E-state index is 0.147. The second kappa shape index (κ2) is 7.34. The van der Waals surface area contributed by atoms with E-state index in [4.69, 9.17) is 4.74 Å². The third-order valence-electron chi connectivity index (χ3n) is 4.43. The van der Waals surface area contributed by atoms with Crippen molar-refractivity contribution in [3.8, 4) is 0 Å². The largest absolute Gasteiger partial charge is 0.374 e. The first kappa shape index (κ1) is 16.4. The Balaban J connectivity index is 2.07. The predicted molar refractivity (Wildman–Crippen MR) is 84.1 cm³/mol. The highest BCUT2D eigenvalue weighted by Crippen LogP contribution is 2.18. The molecule has 2 rings (SSSR count). The molecule has 0 aliphatic carbocycles. The van der Waals surface area contributed by atoms with Crippen LogP contribution in [0.5, 0.6) is 0 Å². The Kier molecular flexibility index (Phi) is 5.73. The number of morpholine rings is 1. The van der Waals surface area contributed by atoms with Crippen molar-refractivity contribution in [3.05, 3.63) is 35.1 Å². The standard InChI is InChI=1S/C17H27FN2O/c1-12(2)20-7-8-21-17(11-20)16(19-4)10-14-9-15(18)6-5-13(14)3/h5-6,9,12,16-17,19H,7-8,10-11H2,1-4H3. The SMILES string of the molecule is CNC(Cc1cc(F)ccc1C)C1CN(C(C)C)CCO1. The molecule has 21 heavy (non-hydrogen) atoms. The zero-order valence-corrected chi connectivity index (χ0v) is 13.5. The van der Waals surface area contributed by atoms with Crippen LogP contribution in [0.4, 0.5) is 4.39 Å². The van der Waals surface area contributed by atoms with E-state index in [-0.39, 0.29) is 18.0 Å². The van der Waals surface area contributed by atoms with Gasteiger partial charge in [0.2, 0.25) is 0 Å². The third-order valence-corrected chi connectivity index (χ3v) is 4.43. The number of hydrogen-bond donors (Lipinski definition) is 1. The molecule has 0 spiro atoms. The molecule has 1 aliphatic heterocycles. The summed E-state index contributed by atoms with van der Waals surface area (Å²) in [6.45, 7) is 9.15. The smallest absolute Gasteiger partial charge is 0.123 e. The summed E-state index contributed by atoms with van der Waals surface area (Å²) < 4.78 is 19.4. The maximum atomic E-state index is 13.5. The van der Waals surface area contributed by atoms with Gasteiger partial charge >= 0.3 is 0 Å². The van der Waals surface area contributed by atoms with Gasteiger partial charge in [-0.15, -0.1) is 0 Å². The maximum absolute atomic E-state index is 13.5. The summed E-state index contributed by atoms with van der Waals surface area (Å²) in [6.07, 6.45) is 0.935. The quantitative estimate of drug-likeness (QED) is 0.902. The normalized spacial score (nSPS) is 21.7. The fourth-order valence-electron chi connectivity index (χ4n) is 2.93. The number of halogens is 1. The molecule has 2 unspecified atom stereocenters. The van der Waals surface area contributed by atoms with Crippen LogP contribution >= 0.6 is 0 Å². The molecule has 118 valence electrons. The van der Waals surface area contributed by atoms with Gasteiger partial charge < -0.3 is 10.1 Å². The van der Waals surface area contributed by atoms with E-state index in [1.54, 1.807) is 6.07 Å². The molecule has 2 atom stereocenters. The Bertz CT molecular complexity index is 464. The lowest BCUT2D eigenvalue weighted by Gasteiger charge is -2.39. The number of ether oxygens (including phenoxy) is 1. The van der Waals surface area contributed by atoms with Crippen molar-refractivity contribution in [2.24, 2.45) is 0 Å². The van der Waals surface area contributed by atoms with Gasteiger partial charge in [-0.25, -0.2) is 4.39 Å². The number of likely N-dealkylation sites (N-methyl/N-ethyl adjacent to an activating group) is 1. The molecule has 1 saturated heterocycles. The summed E-state index contributed by atoms with van der Waals surface area (Å²) in [5.41, 5.74) is 2.19. The van der Waals surface area contributed by atoms with Crippen molar-refractivity contribution in [2.45, 2.75) is 45.4 Å². The fourth-order valence-corrected chi connectivity index (χ4v) is 2.93. The monoisotopic (exact) mass is 294 g/mol. The van der Waals surface area contributed by atoms with Gasteiger partial charge in [0.1, 0.15) is 5.82 Å². The van der Waals surface area contributed by atoms with E-state index in [2.05, 4.69) is 24.1 Å². The number of hydrogen-bond acceptors (Lipinski definition) is 3. The van der Waals surface area contributed by atoms with Gasteiger partial charge in [-0.1, -0.05) is 6.07 Å². The van der Waals surface area contributed by atoms with Gasteiger partial charge in [0, 0.05) is 25.2 Å². The zero-order valence-electron chi connectivity index (χ0n) is 13.5. The average molecular weight is 294 g/mol. The van der Waals surface area contributed by atoms with Gasteiger partial charge in [0.15, 0.2) is 0 Å². The van der Waals surface area contributed by atoms with Gasteiger partial charge in [0.05, 0.1) is 12.7 Å². The minimum Gasteiger partial charge on any atom is -0.374 e. The highest BCUT2D eigenvalue weighted by Gasteiger charge is 2.28. The average Bonchev–Trinajstić information content (AvgIpc) is 2.48. The third kappa shape index (κ3) is 4.25. The first-order chi connectivity index (χ1) is 10.0. The fraction of sp³-hybridized carbons (Fsp3) is 0.647. The van der Waals surface area contributed by atoms with Crippen LogP contribution in [0.3, 0.4) is 0 Å². The summed E-state index contributed by atoms with van der Waals surface area (Å²) in [5, 5.41) is 3.35. The van der Waals surface area contributed by atoms with Gasteiger partial charge in [-0.05, 0) is 57.5 Å². The van der Waals surface area contributed by atoms with E-state index in [1.165, 1.54) is 6.07 Å². The van der Waals surface area contributed by atoms with Crippen molar-refractivity contribution < 1.29 is 9.13 Å². The minimum atomic E-state index is -0.168. The van der Waals surface area contributed by atoms with Gasteiger partial charge in [-0.3, -0.25) is 4.90 Å². The Labute approximate surface area is 127 Å². The van der Waals surface area contributed by atoms with Crippen LogP contribution in [-0.4, -0.2) is 49.8 Å². The van der Waals surface area contributed by atoms with Crippen molar-refractivity contribution in [3.63, 3.8) is 0 Å². The summed E-state index contributed by atoms with van der Waals surface area (Å²) >= 11 is 0. The molecule has 0 amide bonds. The van der Waals surface area contributed by atoms with Crippen LogP contribution in [0.2, 0.25) is 0 Å². The highest BCUT2D eigenvalue weighted by atomic mass is 19.1. The van der Waals surface area contributed by atoms with Crippen molar-refractivity contribution in [1.82, 2.24) is 10.2 Å². The summed E-state index contributed by atoms with van der Waals surface area (Å²) in [7, 11) is 1.96. The van der Waals surface area contributed by atoms with Crippen LogP contribution in [0, 0.1) is 12.7 Å². The van der Waals surface area contributed by atoms with Crippen LogP contribution < -0.4 is 5.32 Å². The second-order valence-electron chi connectivity index (χ2n) is 6.17. The molecular weight excluding hydrogens is 267 g/mol. The molecule has 0 radical (unpaired) electrons. The maximum Gasteiger partial charge on any atom is 0.123 e. The predicted octanol–water partition coefficient (Wildman–Crippen LogP) is 2.37. The number of nitrogens with one attached hydrogen (secondary N) is 1. The Hall–Kier alpha value is -0.970. The summed E-state index contributed by atoms with van der Waals surface area (Å²) in [5.74, 6) is -0.168. The molecule has 1 heterocycles. The lowest BCUT2D eigenvalue weighted by Crippen LogP contribution is -2.53. The molecule has 1 aromatic carbocycles. The van der Waals surface area contributed by atoms with Gasteiger partial charge in [-0.2, -0.15) is 0 Å². The molecule has 1 aromatic rings. The van der Waals surface area contributed by atoms with Crippen LogP contribution in [0.1, 0.15) is 25.0 Å². The number of aryl methyl sites for hydroxylation is 1. The lowest BCUT2D eigenvalue weighted by molar-refractivity contribution is -0.0542. The Morgan fingerprint density at radius 1 is 1.43 bits per heavy atom. The van der Waals surface area contributed by atoms with E-state index in [9.17, 15) is 4.39 Å². The molecule has 1 N–H and O–H groups in total. The van der Waals surface area contributed by atoms with E-state index in [1.807, 2.05) is 20.0 Å². The molecule has 1 fully saturated rings. The Morgan fingerprint density at radius 2 is 2.19 bits per heavy atom. The zero-order chi connectivity index (χ0) is 15.4. The van der Waals surface area contributed by atoms with Crippen LogP contribution in [0.15, 0.2) is 18.2 Å². The molecular formula is C17H27FN2O. The molecule has 1 aliphatic rings. The van der Waals surface area contributed by atoms with Crippen molar-refractivity contribution >= 4 is 0 Å². The first-order valence-corrected chi connectivity index (χ1v) is 7.79. The lowest BCUT2D eigenvalue weighted by atomic mass is 9.96. The number of nitrogens with zero attached hydrogens (tertiary/aromatic N) is 1. The summed E-state index contributed by atoms with van der Waals surface area (Å²) in [4.78, 5) is 2.44. The van der Waals surface area contributed by atoms with E-state index in [0.717, 1.165) is 37.2 Å². The molecule has 0 bridgehead atoms. The van der Waals surface area contributed by atoms with Crippen molar-refractivity contribution in [2.75, 3.05) is 26.7 Å². The molecule has 4 heteroatoms. The molecule has 0 aromatic heterocycles. The van der Waals surface area contributed by atoms with Crippen LogP contribution in [-0.2, 0) is 11.2 Å². The Morgan fingerprint density at radius 3 is 2.86 bits per heavy atom. The van der Waals surface area contributed by atoms with Crippen molar-refractivity contribution in [1.29, 1.82) is 0 Å².